The lowest BCUT2D eigenvalue weighted by Gasteiger charge is -2.27. The first-order chi connectivity index (χ1) is 8.69. The molecule has 1 aliphatic rings. The second-order valence-corrected chi connectivity index (χ2v) is 5.40. The summed E-state index contributed by atoms with van der Waals surface area (Å²) >= 11 is 0. The first-order valence-electron chi connectivity index (χ1n) is 6.62. The fourth-order valence-corrected chi connectivity index (χ4v) is 2.70. The van der Waals surface area contributed by atoms with Gasteiger partial charge >= 0.3 is 0 Å². The zero-order valence-electron chi connectivity index (χ0n) is 11.3. The number of aliphatic hydroxyl groups is 1. The molecule has 0 aromatic carbocycles. The lowest BCUT2D eigenvalue weighted by molar-refractivity contribution is 0.128. The minimum absolute atomic E-state index is 0.224. The highest BCUT2D eigenvalue weighted by molar-refractivity contribution is 5.03. The van der Waals surface area contributed by atoms with Gasteiger partial charge in [-0.05, 0) is 25.1 Å². The summed E-state index contributed by atoms with van der Waals surface area (Å²) in [5, 5.41) is 9.47. The van der Waals surface area contributed by atoms with E-state index in [4.69, 9.17) is 0 Å². The molecule has 18 heavy (non-hydrogen) atoms. The van der Waals surface area contributed by atoms with Gasteiger partial charge in [-0.25, -0.2) is 0 Å². The lowest BCUT2D eigenvalue weighted by atomic mass is 10.1. The predicted molar refractivity (Wildman–Crippen MR) is 72.2 cm³/mol. The second kappa shape index (κ2) is 6.27. The van der Waals surface area contributed by atoms with Crippen molar-refractivity contribution in [3.05, 3.63) is 30.1 Å². The number of hydrogen-bond acceptors (Lipinski definition) is 4. The molecule has 0 aliphatic carbocycles. The van der Waals surface area contributed by atoms with Crippen LogP contribution in [0.15, 0.2) is 24.4 Å². The normalized spacial score (nSPS) is 27.1. The molecule has 1 aromatic heterocycles. The van der Waals surface area contributed by atoms with E-state index in [2.05, 4.69) is 34.8 Å². The molecule has 2 atom stereocenters. The monoisotopic (exact) mass is 249 g/mol. The van der Waals surface area contributed by atoms with E-state index in [1.807, 2.05) is 18.3 Å². The summed E-state index contributed by atoms with van der Waals surface area (Å²) in [6.07, 6.45) is 1.84. The molecule has 1 N–H and O–H groups in total. The average molecular weight is 249 g/mol. The standard InChI is InChI=1S/C14H23N3O/c1-12-7-16(2)14(11-18)10-17(8-12)9-13-5-3-4-6-15-13/h3-6,12,14,18H,7-11H2,1-2H3. The van der Waals surface area contributed by atoms with Crippen LogP contribution in [0.3, 0.4) is 0 Å². The highest BCUT2D eigenvalue weighted by Gasteiger charge is 2.25. The van der Waals surface area contributed by atoms with Gasteiger partial charge in [-0.15, -0.1) is 0 Å². The predicted octanol–water partition coefficient (Wildman–Crippen LogP) is 0.826. The molecule has 4 nitrogen and oxygen atoms in total. The van der Waals surface area contributed by atoms with E-state index in [1.54, 1.807) is 0 Å². The number of aromatic nitrogens is 1. The molecule has 1 aliphatic heterocycles. The van der Waals surface area contributed by atoms with Crippen molar-refractivity contribution in [1.82, 2.24) is 14.8 Å². The Morgan fingerprint density at radius 3 is 2.83 bits per heavy atom. The van der Waals surface area contributed by atoms with E-state index < -0.39 is 0 Å². The Balaban J connectivity index is 2.02. The summed E-state index contributed by atoms with van der Waals surface area (Å²) in [5.41, 5.74) is 1.10. The van der Waals surface area contributed by atoms with E-state index in [9.17, 15) is 5.11 Å². The lowest BCUT2D eigenvalue weighted by Crippen LogP contribution is -2.41. The molecular formula is C14H23N3O. The summed E-state index contributed by atoms with van der Waals surface area (Å²) < 4.78 is 0. The molecule has 0 amide bonds. The molecule has 2 heterocycles. The van der Waals surface area contributed by atoms with Crippen molar-refractivity contribution in [3.63, 3.8) is 0 Å². The summed E-state index contributed by atoms with van der Waals surface area (Å²) in [6, 6.07) is 6.27. The average Bonchev–Trinajstić information content (AvgIpc) is 2.49. The van der Waals surface area contributed by atoms with Crippen LogP contribution in [0.4, 0.5) is 0 Å². The molecule has 2 unspecified atom stereocenters. The molecule has 0 bridgehead atoms. The van der Waals surface area contributed by atoms with Crippen molar-refractivity contribution in [1.29, 1.82) is 0 Å². The second-order valence-electron chi connectivity index (χ2n) is 5.40. The SMILES string of the molecule is CC1CN(Cc2ccccn2)CC(CO)N(C)C1. The van der Waals surface area contributed by atoms with Crippen LogP contribution in [0.5, 0.6) is 0 Å². The van der Waals surface area contributed by atoms with Crippen LogP contribution in [-0.2, 0) is 6.54 Å². The molecule has 100 valence electrons. The third kappa shape index (κ3) is 3.51. The van der Waals surface area contributed by atoms with Crippen LogP contribution in [0.1, 0.15) is 12.6 Å². The Morgan fingerprint density at radius 1 is 1.33 bits per heavy atom. The summed E-state index contributed by atoms with van der Waals surface area (Å²) in [4.78, 5) is 9.05. The van der Waals surface area contributed by atoms with Crippen molar-refractivity contribution in [2.75, 3.05) is 33.3 Å². The van der Waals surface area contributed by atoms with Crippen molar-refractivity contribution in [3.8, 4) is 0 Å². The smallest absolute Gasteiger partial charge is 0.0599 e. The van der Waals surface area contributed by atoms with Gasteiger partial charge in [0.15, 0.2) is 0 Å². The Hall–Kier alpha value is -0.970. The van der Waals surface area contributed by atoms with Gasteiger partial charge in [-0.2, -0.15) is 0 Å². The third-order valence-corrected chi connectivity index (χ3v) is 3.58. The molecule has 4 heteroatoms. The van der Waals surface area contributed by atoms with Gasteiger partial charge < -0.3 is 5.11 Å². The Labute approximate surface area is 109 Å². The van der Waals surface area contributed by atoms with Crippen LogP contribution >= 0.6 is 0 Å². The zero-order valence-corrected chi connectivity index (χ0v) is 11.3. The van der Waals surface area contributed by atoms with Crippen LogP contribution in [-0.4, -0.2) is 59.2 Å². The Morgan fingerprint density at radius 2 is 2.17 bits per heavy atom. The quantitative estimate of drug-likeness (QED) is 0.861. The maximum atomic E-state index is 9.47. The number of rotatable bonds is 3. The maximum absolute atomic E-state index is 9.47. The van der Waals surface area contributed by atoms with Crippen LogP contribution < -0.4 is 0 Å². The minimum atomic E-state index is 0.224. The zero-order chi connectivity index (χ0) is 13.0. The fourth-order valence-electron chi connectivity index (χ4n) is 2.70. The Bertz CT molecular complexity index is 357. The van der Waals surface area contributed by atoms with E-state index in [0.717, 1.165) is 31.9 Å². The summed E-state index contributed by atoms with van der Waals surface area (Å²) in [7, 11) is 2.10. The molecule has 1 saturated heterocycles. The van der Waals surface area contributed by atoms with Crippen molar-refractivity contribution in [2.24, 2.45) is 5.92 Å². The molecule has 2 rings (SSSR count). The van der Waals surface area contributed by atoms with Gasteiger partial charge in [0, 0.05) is 38.4 Å². The maximum Gasteiger partial charge on any atom is 0.0599 e. The van der Waals surface area contributed by atoms with Gasteiger partial charge in [0.2, 0.25) is 0 Å². The highest BCUT2D eigenvalue weighted by Crippen LogP contribution is 2.14. The number of nitrogens with zero attached hydrogens (tertiary/aromatic N) is 3. The summed E-state index contributed by atoms with van der Waals surface area (Å²) in [5.74, 6) is 0.621. The van der Waals surface area contributed by atoms with Gasteiger partial charge in [-0.3, -0.25) is 14.8 Å². The van der Waals surface area contributed by atoms with Gasteiger partial charge in [-0.1, -0.05) is 13.0 Å². The van der Waals surface area contributed by atoms with Gasteiger partial charge in [0.1, 0.15) is 0 Å². The van der Waals surface area contributed by atoms with E-state index in [-0.39, 0.29) is 12.6 Å². The minimum Gasteiger partial charge on any atom is -0.395 e. The number of aliphatic hydroxyl groups excluding tert-OH is 1. The molecular weight excluding hydrogens is 226 g/mol. The fraction of sp³-hybridized carbons (Fsp3) is 0.643. The van der Waals surface area contributed by atoms with Crippen LogP contribution in [0.25, 0.3) is 0 Å². The number of hydrogen-bond donors (Lipinski definition) is 1. The van der Waals surface area contributed by atoms with E-state index in [1.165, 1.54) is 0 Å². The van der Waals surface area contributed by atoms with Crippen molar-refractivity contribution < 1.29 is 5.11 Å². The Kier molecular flexibility index (Phi) is 4.69. The molecule has 0 radical (unpaired) electrons. The molecule has 0 spiro atoms. The van der Waals surface area contributed by atoms with Crippen molar-refractivity contribution in [2.45, 2.75) is 19.5 Å². The van der Waals surface area contributed by atoms with Crippen LogP contribution in [0, 0.1) is 5.92 Å². The highest BCUT2D eigenvalue weighted by atomic mass is 16.3. The van der Waals surface area contributed by atoms with Gasteiger partial charge in [0.25, 0.3) is 0 Å². The van der Waals surface area contributed by atoms with E-state index in [0.29, 0.717) is 5.92 Å². The first-order valence-corrected chi connectivity index (χ1v) is 6.62. The van der Waals surface area contributed by atoms with Crippen LogP contribution in [0.2, 0.25) is 0 Å². The number of pyridine rings is 1. The molecule has 1 fully saturated rings. The summed E-state index contributed by atoms with van der Waals surface area (Å²) in [6.45, 7) is 6.38. The van der Waals surface area contributed by atoms with E-state index >= 15 is 0 Å². The molecule has 1 aromatic rings. The topological polar surface area (TPSA) is 39.6 Å². The molecule has 0 saturated carbocycles. The first kappa shape index (κ1) is 13.5. The largest absolute Gasteiger partial charge is 0.395 e. The number of likely N-dealkylation sites (N-methyl/N-ethyl adjacent to an activating group) is 1. The van der Waals surface area contributed by atoms with Gasteiger partial charge in [0.05, 0.1) is 12.3 Å². The third-order valence-electron chi connectivity index (χ3n) is 3.58. The van der Waals surface area contributed by atoms with Crippen molar-refractivity contribution >= 4 is 0 Å².